The quantitative estimate of drug-likeness (QED) is 0.0420. The SMILES string of the molecule is CCCCCCC/C=C\C/C=C\C/C=C\CCCCCCCCCCCCCCCCCCC(=O)NC(CO)C(O)/C=C/CC/C=C/CC/C=C/CCCCCCCCCCCCCCCCCCCCCC. The minimum Gasteiger partial charge on any atom is -0.394 e. The lowest BCUT2D eigenvalue weighted by molar-refractivity contribution is -0.123. The summed E-state index contributed by atoms with van der Waals surface area (Å²) in [6.07, 6.45) is 92.5. The monoisotopic (exact) mass is 1020 g/mol. The lowest BCUT2D eigenvalue weighted by Gasteiger charge is -2.19. The molecule has 0 heterocycles. The van der Waals surface area contributed by atoms with Crippen LogP contribution >= 0.6 is 0 Å². The van der Waals surface area contributed by atoms with Crippen LogP contribution in [0, 0.1) is 0 Å². The molecule has 0 fully saturated rings. The molecule has 4 nitrogen and oxygen atoms in total. The van der Waals surface area contributed by atoms with Gasteiger partial charge in [0.25, 0.3) is 0 Å². The normalized spacial score (nSPS) is 13.2. The zero-order valence-corrected chi connectivity index (χ0v) is 49.2. The van der Waals surface area contributed by atoms with Crippen LogP contribution in [0.3, 0.4) is 0 Å². The molecule has 1 amide bonds. The maximum absolute atomic E-state index is 12.5. The third-order valence-electron chi connectivity index (χ3n) is 14.9. The summed E-state index contributed by atoms with van der Waals surface area (Å²) in [5, 5.41) is 23.2. The zero-order chi connectivity index (χ0) is 52.7. The molecule has 0 saturated carbocycles. The van der Waals surface area contributed by atoms with E-state index >= 15 is 0 Å². The number of carbonyl (C=O) groups is 1. The highest BCUT2D eigenvalue weighted by Crippen LogP contribution is 2.17. The molecule has 0 rings (SSSR count). The second-order valence-electron chi connectivity index (χ2n) is 22.2. The summed E-state index contributed by atoms with van der Waals surface area (Å²) in [5.74, 6) is -0.0754. The summed E-state index contributed by atoms with van der Waals surface area (Å²) in [5.41, 5.74) is 0. The highest BCUT2D eigenvalue weighted by molar-refractivity contribution is 5.76. The molecule has 0 aromatic carbocycles. The highest BCUT2D eigenvalue weighted by Gasteiger charge is 2.18. The van der Waals surface area contributed by atoms with Crippen LogP contribution in [0.4, 0.5) is 0 Å². The van der Waals surface area contributed by atoms with E-state index in [0.29, 0.717) is 6.42 Å². The van der Waals surface area contributed by atoms with E-state index in [2.05, 4.69) is 79.9 Å². The van der Waals surface area contributed by atoms with Crippen LogP contribution in [0.5, 0.6) is 0 Å². The van der Waals surface area contributed by atoms with Crippen LogP contribution in [-0.2, 0) is 4.79 Å². The van der Waals surface area contributed by atoms with Crippen molar-refractivity contribution < 1.29 is 15.0 Å². The highest BCUT2D eigenvalue weighted by atomic mass is 16.3. The van der Waals surface area contributed by atoms with Gasteiger partial charge in [-0.05, 0) is 83.5 Å². The number of allylic oxidation sites excluding steroid dienone is 11. The van der Waals surface area contributed by atoms with Gasteiger partial charge in [-0.2, -0.15) is 0 Å². The number of hydrogen-bond acceptors (Lipinski definition) is 3. The average Bonchev–Trinajstić information content (AvgIpc) is 3.40. The largest absolute Gasteiger partial charge is 0.394 e. The Hall–Kier alpha value is -2.17. The van der Waals surface area contributed by atoms with Crippen LogP contribution in [0.1, 0.15) is 341 Å². The number of carbonyl (C=O) groups excluding carboxylic acids is 1. The first kappa shape index (κ1) is 70.8. The van der Waals surface area contributed by atoms with Gasteiger partial charge in [-0.1, -0.05) is 324 Å². The fraction of sp³-hybridized carbons (Fsp3) is 0.812. The Kier molecular flexibility index (Phi) is 62.2. The number of hydrogen-bond donors (Lipinski definition) is 3. The topological polar surface area (TPSA) is 69.6 Å². The summed E-state index contributed by atoms with van der Waals surface area (Å²) in [7, 11) is 0. The van der Waals surface area contributed by atoms with Gasteiger partial charge < -0.3 is 15.5 Å². The van der Waals surface area contributed by atoms with Gasteiger partial charge in [0, 0.05) is 6.42 Å². The second-order valence-corrected chi connectivity index (χ2v) is 22.2. The lowest BCUT2D eigenvalue weighted by Crippen LogP contribution is -2.45. The molecule has 0 saturated heterocycles. The van der Waals surface area contributed by atoms with Crippen LogP contribution in [0.15, 0.2) is 72.9 Å². The van der Waals surface area contributed by atoms with E-state index in [0.717, 1.165) is 51.4 Å². The van der Waals surface area contributed by atoms with E-state index in [4.69, 9.17) is 0 Å². The Balaban J connectivity index is 3.52. The molecule has 0 aromatic rings. The standard InChI is InChI=1S/C69H127NO3/c1-3-5-7-9-11-13-15-17-19-21-23-25-27-29-31-33-35-37-39-41-43-45-47-49-51-53-55-57-59-61-63-65-69(73)70-67(66-71)68(72)64-62-60-58-56-54-52-50-48-46-44-42-40-38-36-34-32-30-28-26-24-22-20-18-16-14-12-10-8-6-4-2/h15,17,21,23,27,29,46,48,54,56,62,64,67-68,71-72H,3-14,16,18-20,22,24-26,28,30-45,47,49-53,55,57-61,63,65-66H2,1-2H3,(H,70,73)/b17-15-,23-21-,29-27-,48-46+,56-54+,64-62+. The Labute approximate surface area is 457 Å². The van der Waals surface area contributed by atoms with Crippen LogP contribution in [-0.4, -0.2) is 34.9 Å². The number of rotatable bonds is 60. The van der Waals surface area contributed by atoms with Crippen molar-refractivity contribution >= 4 is 5.91 Å². The van der Waals surface area contributed by atoms with Gasteiger partial charge in [0.2, 0.25) is 5.91 Å². The Morgan fingerprint density at radius 3 is 0.890 bits per heavy atom. The summed E-state index contributed by atoms with van der Waals surface area (Å²) in [6.45, 7) is 4.31. The minimum absolute atomic E-state index is 0.0754. The van der Waals surface area contributed by atoms with Crippen molar-refractivity contribution in [3.8, 4) is 0 Å². The summed E-state index contributed by atoms with van der Waals surface area (Å²) >= 11 is 0. The summed E-state index contributed by atoms with van der Waals surface area (Å²) < 4.78 is 0. The van der Waals surface area contributed by atoms with Crippen LogP contribution in [0.25, 0.3) is 0 Å². The predicted octanol–water partition coefficient (Wildman–Crippen LogP) is 22.1. The third kappa shape index (κ3) is 60.6. The molecular weight excluding hydrogens is 891 g/mol. The molecule has 0 bridgehead atoms. The molecule has 2 atom stereocenters. The molecule has 426 valence electrons. The van der Waals surface area contributed by atoms with Crippen molar-refractivity contribution in [2.24, 2.45) is 0 Å². The van der Waals surface area contributed by atoms with Crippen LogP contribution < -0.4 is 5.32 Å². The molecule has 0 radical (unpaired) electrons. The number of nitrogens with one attached hydrogen (secondary N) is 1. The molecule has 0 aliphatic rings. The summed E-state index contributed by atoms with van der Waals surface area (Å²) in [6, 6.07) is -0.650. The Morgan fingerprint density at radius 2 is 0.575 bits per heavy atom. The molecule has 0 aliphatic carbocycles. The number of amides is 1. The smallest absolute Gasteiger partial charge is 0.220 e. The van der Waals surface area contributed by atoms with Crippen molar-refractivity contribution in [3.05, 3.63) is 72.9 Å². The van der Waals surface area contributed by atoms with Crippen molar-refractivity contribution in [1.82, 2.24) is 5.32 Å². The predicted molar refractivity (Wildman–Crippen MR) is 327 cm³/mol. The zero-order valence-electron chi connectivity index (χ0n) is 49.2. The number of aliphatic hydroxyl groups is 2. The average molecular weight is 1020 g/mol. The second kappa shape index (κ2) is 64.1. The van der Waals surface area contributed by atoms with E-state index in [-0.39, 0.29) is 12.5 Å². The maximum Gasteiger partial charge on any atom is 0.220 e. The molecule has 73 heavy (non-hydrogen) atoms. The van der Waals surface area contributed by atoms with E-state index in [9.17, 15) is 15.0 Å². The molecule has 4 heteroatoms. The number of aliphatic hydroxyl groups excluding tert-OH is 2. The first-order chi connectivity index (χ1) is 36.2. The van der Waals surface area contributed by atoms with Gasteiger partial charge in [-0.25, -0.2) is 0 Å². The first-order valence-electron chi connectivity index (χ1n) is 32.7. The number of unbranched alkanes of at least 4 members (excludes halogenated alkanes) is 43. The van der Waals surface area contributed by atoms with E-state index in [1.165, 1.54) is 270 Å². The van der Waals surface area contributed by atoms with Crippen molar-refractivity contribution in [3.63, 3.8) is 0 Å². The Morgan fingerprint density at radius 1 is 0.329 bits per heavy atom. The first-order valence-corrected chi connectivity index (χ1v) is 32.7. The van der Waals surface area contributed by atoms with Gasteiger partial charge in [0.05, 0.1) is 18.8 Å². The fourth-order valence-electron chi connectivity index (χ4n) is 9.93. The van der Waals surface area contributed by atoms with Crippen LogP contribution in [0.2, 0.25) is 0 Å². The van der Waals surface area contributed by atoms with Gasteiger partial charge in [-0.15, -0.1) is 0 Å². The molecule has 0 spiro atoms. The molecule has 0 aliphatic heterocycles. The molecule has 0 aromatic heterocycles. The third-order valence-corrected chi connectivity index (χ3v) is 14.9. The van der Waals surface area contributed by atoms with Gasteiger partial charge >= 0.3 is 0 Å². The van der Waals surface area contributed by atoms with E-state index in [1.54, 1.807) is 6.08 Å². The Bertz CT molecular complexity index is 1250. The van der Waals surface area contributed by atoms with E-state index in [1.807, 2.05) is 6.08 Å². The van der Waals surface area contributed by atoms with Crippen molar-refractivity contribution in [2.75, 3.05) is 6.61 Å². The van der Waals surface area contributed by atoms with Gasteiger partial charge in [0.15, 0.2) is 0 Å². The molecular formula is C69H127NO3. The van der Waals surface area contributed by atoms with E-state index < -0.39 is 12.1 Å². The van der Waals surface area contributed by atoms with Gasteiger partial charge in [0.1, 0.15) is 0 Å². The van der Waals surface area contributed by atoms with Gasteiger partial charge in [-0.3, -0.25) is 4.79 Å². The van der Waals surface area contributed by atoms with Crippen molar-refractivity contribution in [1.29, 1.82) is 0 Å². The molecule has 2 unspecified atom stereocenters. The minimum atomic E-state index is -0.875. The maximum atomic E-state index is 12.5. The molecule has 3 N–H and O–H groups in total. The summed E-state index contributed by atoms with van der Waals surface area (Å²) in [4.78, 5) is 12.5. The van der Waals surface area contributed by atoms with Crippen molar-refractivity contribution in [2.45, 2.75) is 353 Å². The lowest BCUT2D eigenvalue weighted by atomic mass is 10.0. The fourth-order valence-corrected chi connectivity index (χ4v) is 9.93.